The Morgan fingerprint density at radius 2 is 2.00 bits per heavy atom. The van der Waals surface area contributed by atoms with E-state index in [0.29, 0.717) is 12.8 Å². The molecule has 0 bridgehead atoms. The van der Waals surface area contributed by atoms with E-state index in [1.54, 1.807) is 0 Å². The standard InChI is InChI=1S/C6H11NO4S/c7-6(8)4-1-2-5(3-4)12(9,10)11/h4-5H,1-3H2,(H2,7,8)(H,9,10,11)/t4-,5+/m0/s1. The first kappa shape index (κ1) is 9.47. The van der Waals surface area contributed by atoms with Crippen LogP contribution in [0.15, 0.2) is 0 Å². The molecule has 0 unspecified atom stereocenters. The Labute approximate surface area is 70.7 Å². The van der Waals surface area contributed by atoms with E-state index in [0.717, 1.165) is 0 Å². The Balaban J connectivity index is 2.64. The second-order valence-corrected chi connectivity index (χ2v) is 4.75. The lowest BCUT2D eigenvalue weighted by Crippen LogP contribution is -2.23. The summed E-state index contributed by atoms with van der Waals surface area (Å²) in [6, 6.07) is 0. The number of carbonyl (C=O) groups is 1. The number of hydrogen-bond acceptors (Lipinski definition) is 3. The topological polar surface area (TPSA) is 97.5 Å². The first-order chi connectivity index (χ1) is 5.41. The zero-order chi connectivity index (χ0) is 9.35. The van der Waals surface area contributed by atoms with Gasteiger partial charge in [0, 0.05) is 5.92 Å². The summed E-state index contributed by atoms with van der Waals surface area (Å²) in [5.74, 6) is -0.877. The van der Waals surface area contributed by atoms with Gasteiger partial charge in [0.05, 0.1) is 5.25 Å². The van der Waals surface area contributed by atoms with Gasteiger partial charge in [0.25, 0.3) is 10.1 Å². The molecule has 0 radical (unpaired) electrons. The van der Waals surface area contributed by atoms with Crippen LogP contribution in [0.25, 0.3) is 0 Å². The molecule has 0 spiro atoms. The van der Waals surface area contributed by atoms with Gasteiger partial charge in [-0.3, -0.25) is 9.35 Å². The van der Waals surface area contributed by atoms with E-state index in [-0.39, 0.29) is 6.42 Å². The second kappa shape index (κ2) is 3.02. The Hall–Kier alpha value is -0.620. The van der Waals surface area contributed by atoms with Crippen molar-refractivity contribution in [1.29, 1.82) is 0 Å². The molecule has 6 heteroatoms. The molecule has 3 N–H and O–H groups in total. The van der Waals surface area contributed by atoms with Crippen LogP contribution in [0.4, 0.5) is 0 Å². The quantitative estimate of drug-likeness (QED) is 0.579. The van der Waals surface area contributed by atoms with Gasteiger partial charge < -0.3 is 5.73 Å². The predicted octanol–water partition coefficient (Wildman–Crippen LogP) is -0.472. The van der Waals surface area contributed by atoms with Crippen LogP contribution in [0.1, 0.15) is 19.3 Å². The fraction of sp³-hybridized carbons (Fsp3) is 0.833. The van der Waals surface area contributed by atoms with Gasteiger partial charge in [0.2, 0.25) is 5.91 Å². The summed E-state index contributed by atoms with van der Waals surface area (Å²) in [7, 11) is -3.98. The molecule has 2 atom stereocenters. The van der Waals surface area contributed by atoms with Gasteiger partial charge in [-0.25, -0.2) is 0 Å². The molecule has 0 aromatic heterocycles. The lowest BCUT2D eigenvalue weighted by Gasteiger charge is -2.04. The average Bonchev–Trinajstić information content (AvgIpc) is 2.30. The maximum absolute atomic E-state index is 10.6. The third kappa shape index (κ3) is 1.95. The molecule has 5 nitrogen and oxygen atoms in total. The van der Waals surface area contributed by atoms with Gasteiger partial charge in [0.1, 0.15) is 0 Å². The van der Waals surface area contributed by atoms with Crippen molar-refractivity contribution >= 4 is 16.0 Å². The van der Waals surface area contributed by atoms with Crippen molar-refractivity contribution in [3.05, 3.63) is 0 Å². The van der Waals surface area contributed by atoms with Crippen LogP contribution >= 0.6 is 0 Å². The number of hydrogen-bond donors (Lipinski definition) is 2. The minimum Gasteiger partial charge on any atom is -0.369 e. The highest BCUT2D eigenvalue weighted by Gasteiger charge is 2.35. The van der Waals surface area contributed by atoms with E-state index in [4.69, 9.17) is 10.3 Å². The van der Waals surface area contributed by atoms with E-state index in [9.17, 15) is 13.2 Å². The smallest absolute Gasteiger partial charge is 0.267 e. The van der Waals surface area contributed by atoms with Gasteiger partial charge in [-0.05, 0) is 19.3 Å². The molecule has 0 saturated heterocycles. The predicted molar refractivity (Wildman–Crippen MR) is 41.9 cm³/mol. The summed E-state index contributed by atoms with van der Waals surface area (Å²) in [4.78, 5) is 10.6. The molecule has 0 aliphatic heterocycles. The highest BCUT2D eigenvalue weighted by Crippen LogP contribution is 2.29. The SMILES string of the molecule is NC(=O)[C@H]1CC[C@@H](S(=O)(=O)O)C1. The molecule has 1 saturated carbocycles. The third-order valence-electron chi connectivity index (χ3n) is 2.21. The van der Waals surface area contributed by atoms with Crippen molar-refractivity contribution in [2.45, 2.75) is 24.5 Å². The second-order valence-electron chi connectivity index (χ2n) is 3.05. The van der Waals surface area contributed by atoms with Crippen LogP contribution < -0.4 is 5.73 Å². The number of rotatable bonds is 2. The van der Waals surface area contributed by atoms with Gasteiger partial charge in [-0.15, -0.1) is 0 Å². The number of primary amides is 1. The van der Waals surface area contributed by atoms with E-state index < -0.39 is 27.2 Å². The van der Waals surface area contributed by atoms with E-state index in [1.807, 2.05) is 0 Å². The van der Waals surface area contributed by atoms with Gasteiger partial charge >= 0.3 is 0 Å². The zero-order valence-electron chi connectivity index (χ0n) is 6.43. The van der Waals surface area contributed by atoms with Crippen LogP contribution in [0, 0.1) is 5.92 Å². The monoisotopic (exact) mass is 193 g/mol. The van der Waals surface area contributed by atoms with Gasteiger partial charge in [-0.2, -0.15) is 8.42 Å². The van der Waals surface area contributed by atoms with Crippen molar-refractivity contribution in [3.63, 3.8) is 0 Å². The molecule has 1 fully saturated rings. The van der Waals surface area contributed by atoms with Gasteiger partial charge in [-0.1, -0.05) is 0 Å². The molecule has 1 rings (SSSR count). The lowest BCUT2D eigenvalue weighted by atomic mass is 10.1. The fourth-order valence-corrected chi connectivity index (χ4v) is 2.38. The molecular weight excluding hydrogens is 182 g/mol. The first-order valence-corrected chi connectivity index (χ1v) is 5.17. The van der Waals surface area contributed by atoms with Crippen molar-refractivity contribution in [2.24, 2.45) is 11.7 Å². The average molecular weight is 193 g/mol. The van der Waals surface area contributed by atoms with E-state index in [1.165, 1.54) is 0 Å². The molecule has 12 heavy (non-hydrogen) atoms. The Morgan fingerprint density at radius 1 is 1.42 bits per heavy atom. The summed E-state index contributed by atoms with van der Waals surface area (Å²) in [6.07, 6.45) is 0.945. The molecule has 1 aliphatic rings. The molecular formula is C6H11NO4S. The molecule has 1 amide bonds. The molecule has 0 aromatic rings. The molecule has 0 heterocycles. The van der Waals surface area contributed by atoms with Crippen molar-refractivity contribution < 1.29 is 17.8 Å². The summed E-state index contributed by atoms with van der Waals surface area (Å²) in [5, 5.41) is -0.796. The Morgan fingerprint density at radius 3 is 2.25 bits per heavy atom. The zero-order valence-corrected chi connectivity index (χ0v) is 7.25. The van der Waals surface area contributed by atoms with Crippen molar-refractivity contribution in [1.82, 2.24) is 0 Å². The highest BCUT2D eigenvalue weighted by atomic mass is 32.2. The molecule has 0 aromatic carbocycles. The lowest BCUT2D eigenvalue weighted by molar-refractivity contribution is -0.121. The number of nitrogens with two attached hydrogens (primary N) is 1. The maximum Gasteiger partial charge on any atom is 0.267 e. The normalized spacial score (nSPS) is 30.4. The van der Waals surface area contributed by atoms with E-state index in [2.05, 4.69) is 0 Å². The third-order valence-corrected chi connectivity index (χ3v) is 3.48. The molecule has 1 aliphatic carbocycles. The summed E-state index contributed by atoms with van der Waals surface area (Å²) in [5.41, 5.74) is 4.99. The maximum atomic E-state index is 10.6. The summed E-state index contributed by atoms with van der Waals surface area (Å²) in [6.45, 7) is 0. The first-order valence-electron chi connectivity index (χ1n) is 3.67. The minimum atomic E-state index is -3.98. The summed E-state index contributed by atoms with van der Waals surface area (Å²) < 4.78 is 29.8. The highest BCUT2D eigenvalue weighted by molar-refractivity contribution is 7.86. The Bertz CT molecular complexity index is 284. The van der Waals surface area contributed by atoms with Crippen LogP contribution in [-0.4, -0.2) is 24.1 Å². The van der Waals surface area contributed by atoms with Crippen molar-refractivity contribution in [2.75, 3.05) is 0 Å². The van der Waals surface area contributed by atoms with E-state index >= 15 is 0 Å². The molecule has 70 valence electrons. The van der Waals surface area contributed by atoms with Crippen LogP contribution in [-0.2, 0) is 14.9 Å². The fourth-order valence-electron chi connectivity index (χ4n) is 1.47. The number of amides is 1. The minimum absolute atomic E-state index is 0.161. The van der Waals surface area contributed by atoms with Crippen LogP contribution in [0.2, 0.25) is 0 Å². The summed E-state index contributed by atoms with van der Waals surface area (Å²) >= 11 is 0. The van der Waals surface area contributed by atoms with Crippen molar-refractivity contribution in [3.8, 4) is 0 Å². The Kier molecular flexibility index (Phi) is 2.39. The largest absolute Gasteiger partial charge is 0.369 e. The van der Waals surface area contributed by atoms with Gasteiger partial charge in [0.15, 0.2) is 0 Å². The van der Waals surface area contributed by atoms with Crippen LogP contribution in [0.3, 0.4) is 0 Å². The number of carbonyl (C=O) groups excluding carboxylic acids is 1. The van der Waals surface area contributed by atoms with Crippen LogP contribution in [0.5, 0.6) is 0 Å².